The predicted molar refractivity (Wildman–Crippen MR) is 70.5 cm³/mol. The average Bonchev–Trinajstić information content (AvgIpc) is 2.39. The molecule has 1 rings (SSSR count). The molecule has 19 heavy (non-hydrogen) atoms. The Balaban J connectivity index is 2.25. The molecular formula is C14H21F2NO2. The second-order valence-corrected chi connectivity index (χ2v) is 4.13. The van der Waals surface area contributed by atoms with E-state index in [1.54, 1.807) is 24.3 Å². The first kappa shape index (κ1) is 15.9. The minimum Gasteiger partial charge on any atom is -0.434 e. The van der Waals surface area contributed by atoms with Gasteiger partial charge in [0.2, 0.25) is 0 Å². The van der Waals surface area contributed by atoms with Gasteiger partial charge in [0.25, 0.3) is 0 Å². The maximum Gasteiger partial charge on any atom is 0.387 e. The maximum atomic E-state index is 12.2. The van der Waals surface area contributed by atoms with E-state index in [0.29, 0.717) is 6.54 Å². The molecule has 5 heteroatoms. The highest BCUT2D eigenvalue weighted by molar-refractivity contribution is 5.33. The van der Waals surface area contributed by atoms with Crippen LogP contribution >= 0.6 is 0 Å². The van der Waals surface area contributed by atoms with Crippen LogP contribution in [-0.2, 0) is 11.3 Å². The number of hydrogen-bond acceptors (Lipinski definition) is 3. The molecule has 0 heterocycles. The molecular weight excluding hydrogens is 252 g/mol. The SMILES string of the molecule is CCCOCCCNCc1ccccc1OC(F)F. The van der Waals surface area contributed by atoms with Crippen LogP contribution in [0.25, 0.3) is 0 Å². The minimum atomic E-state index is -2.79. The Labute approximate surface area is 112 Å². The van der Waals surface area contributed by atoms with E-state index in [1.165, 1.54) is 0 Å². The topological polar surface area (TPSA) is 30.5 Å². The average molecular weight is 273 g/mol. The van der Waals surface area contributed by atoms with Gasteiger partial charge in [0.05, 0.1) is 0 Å². The number of nitrogens with one attached hydrogen (secondary N) is 1. The van der Waals surface area contributed by atoms with Crippen molar-refractivity contribution in [1.29, 1.82) is 0 Å². The fourth-order valence-electron chi connectivity index (χ4n) is 1.63. The Hall–Kier alpha value is -1.20. The number of alkyl halides is 2. The summed E-state index contributed by atoms with van der Waals surface area (Å²) in [6, 6.07) is 6.81. The molecule has 0 fully saturated rings. The van der Waals surface area contributed by atoms with Crippen molar-refractivity contribution in [2.75, 3.05) is 19.8 Å². The first-order chi connectivity index (χ1) is 9.24. The molecule has 0 atom stereocenters. The smallest absolute Gasteiger partial charge is 0.387 e. The summed E-state index contributed by atoms with van der Waals surface area (Å²) < 4.78 is 34.2. The number of benzene rings is 1. The summed E-state index contributed by atoms with van der Waals surface area (Å²) in [5, 5.41) is 3.19. The van der Waals surface area contributed by atoms with E-state index in [-0.39, 0.29) is 5.75 Å². The van der Waals surface area contributed by atoms with Gasteiger partial charge in [0, 0.05) is 25.3 Å². The van der Waals surface area contributed by atoms with E-state index in [1.807, 2.05) is 0 Å². The van der Waals surface area contributed by atoms with Crippen LogP contribution in [0.4, 0.5) is 8.78 Å². The van der Waals surface area contributed by atoms with Crippen LogP contribution in [0.15, 0.2) is 24.3 Å². The van der Waals surface area contributed by atoms with Gasteiger partial charge in [-0.05, 0) is 25.5 Å². The van der Waals surface area contributed by atoms with Gasteiger partial charge in [-0.2, -0.15) is 8.78 Å². The summed E-state index contributed by atoms with van der Waals surface area (Å²) in [4.78, 5) is 0. The summed E-state index contributed by atoms with van der Waals surface area (Å²) >= 11 is 0. The Kier molecular flexibility index (Phi) is 8.09. The van der Waals surface area contributed by atoms with E-state index in [2.05, 4.69) is 17.0 Å². The van der Waals surface area contributed by atoms with Gasteiger partial charge in [0.15, 0.2) is 0 Å². The molecule has 0 bridgehead atoms. The summed E-state index contributed by atoms with van der Waals surface area (Å²) in [5.74, 6) is 0.229. The molecule has 3 nitrogen and oxygen atoms in total. The van der Waals surface area contributed by atoms with Crippen molar-refractivity contribution in [1.82, 2.24) is 5.32 Å². The lowest BCUT2D eigenvalue weighted by Gasteiger charge is -2.11. The summed E-state index contributed by atoms with van der Waals surface area (Å²) in [7, 11) is 0. The first-order valence-electron chi connectivity index (χ1n) is 6.55. The molecule has 0 aliphatic heterocycles. The lowest BCUT2D eigenvalue weighted by atomic mass is 10.2. The Morgan fingerprint density at radius 3 is 2.74 bits per heavy atom. The van der Waals surface area contributed by atoms with Gasteiger partial charge in [-0.3, -0.25) is 0 Å². The van der Waals surface area contributed by atoms with Crippen molar-refractivity contribution < 1.29 is 18.3 Å². The molecule has 0 radical (unpaired) electrons. The number of ether oxygens (including phenoxy) is 2. The zero-order valence-corrected chi connectivity index (χ0v) is 11.2. The minimum absolute atomic E-state index is 0.229. The van der Waals surface area contributed by atoms with Crippen molar-refractivity contribution >= 4 is 0 Å². The van der Waals surface area contributed by atoms with Gasteiger partial charge >= 0.3 is 6.61 Å². The maximum absolute atomic E-state index is 12.2. The molecule has 0 aliphatic carbocycles. The fourth-order valence-corrected chi connectivity index (χ4v) is 1.63. The van der Waals surface area contributed by atoms with E-state index < -0.39 is 6.61 Å². The molecule has 0 amide bonds. The summed E-state index contributed by atoms with van der Waals surface area (Å²) in [6.07, 6.45) is 1.92. The summed E-state index contributed by atoms with van der Waals surface area (Å²) in [5.41, 5.74) is 0.734. The third kappa shape index (κ3) is 7.08. The molecule has 0 saturated carbocycles. The second kappa shape index (κ2) is 9.69. The molecule has 0 aliphatic rings. The molecule has 1 aromatic rings. The van der Waals surface area contributed by atoms with Gasteiger partial charge in [0.1, 0.15) is 5.75 Å². The van der Waals surface area contributed by atoms with Crippen molar-refractivity contribution in [3.63, 3.8) is 0 Å². The Morgan fingerprint density at radius 2 is 2.00 bits per heavy atom. The Bertz CT molecular complexity index is 348. The zero-order valence-electron chi connectivity index (χ0n) is 11.2. The van der Waals surface area contributed by atoms with Crippen molar-refractivity contribution in [3.8, 4) is 5.75 Å². The monoisotopic (exact) mass is 273 g/mol. The molecule has 0 saturated heterocycles. The van der Waals surface area contributed by atoms with E-state index in [4.69, 9.17) is 4.74 Å². The molecule has 108 valence electrons. The van der Waals surface area contributed by atoms with E-state index >= 15 is 0 Å². The zero-order chi connectivity index (χ0) is 13.9. The van der Waals surface area contributed by atoms with E-state index in [0.717, 1.165) is 38.2 Å². The highest BCUT2D eigenvalue weighted by Crippen LogP contribution is 2.19. The van der Waals surface area contributed by atoms with Crippen LogP contribution in [0.5, 0.6) is 5.75 Å². The van der Waals surface area contributed by atoms with Crippen molar-refractivity contribution in [2.45, 2.75) is 32.9 Å². The highest BCUT2D eigenvalue weighted by atomic mass is 19.3. The fraction of sp³-hybridized carbons (Fsp3) is 0.571. The number of hydrogen-bond donors (Lipinski definition) is 1. The molecule has 1 N–H and O–H groups in total. The second-order valence-electron chi connectivity index (χ2n) is 4.13. The predicted octanol–water partition coefficient (Wildman–Crippen LogP) is 3.19. The van der Waals surface area contributed by atoms with Gasteiger partial charge in [-0.1, -0.05) is 25.1 Å². The normalized spacial score (nSPS) is 10.9. The number of halogens is 2. The quantitative estimate of drug-likeness (QED) is 0.664. The van der Waals surface area contributed by atoms with Crippen LogP contribution in [0.3, 0.4) is 0 Å². The van der Waals surface area contributed by atoms with Crippen LogP contribution < -0.4 is 10.1 Å². The highest BCUT2D eigenvalue weighted by Gasteiger charge is 2.08. The molecule has 0 unspecified atom stereocenters. The third-order valence-electron chi connectivity index (χ3n) is 2.49. The summed E-state index contributed by atoms with van der Waals surface area (Å²) in [6.45, 7) is 2.08. The lowest BCUT2D eigenvalue weighted by molar-refractivity contribution is -0.0504. The number of para-hydroxylation sites is 1. The molecule has 1 aromatic carbocycles. The standard InChI is InChI=1S/C14H21F2NO2/c1-2-9-18-10-5-8-17-11-12-6-3-4-7-13(12)19-14(15)16/h3-4,6-7,14,17H,2,5,8-11H2,1H3. The van der Waals surface area contributed by atoms with Gasteiger partial charge in [-0.25, -0.2) is 0 Å². The molecule has 0 spiro atoms. The van der Waals surface area contributed by atoms with Crippen LogP contribution in [-0.4, -0.2) is 26.4 Å². The van der Waals surface area contributed by atoms with Crippen LogP contribution in [0, 0.1) is 0 Å². The van der Waals surface area contributed by atoms with Gasteiger partial charge in [-0.15, -0.1) is 0 Å². The van der Waals surface area contributed by atoms with Crippen molar-refractivity contribution in [3.05, 3.63) is 29.8 Å². The number of rotatable bonds is 10. The third-order valence-corrected chi connectivity index (χ3v) is 2.49. The Morgan fingerprint density at radius 1 is 1.21 bits per heavy atom. The largest absolute Gasteiger partial charge is 0.434 e. The van der Waals surface area contributed by atoms with E-state index in [9.17, 15) is 8.78 Å². The lowest BCUT2D eigenvalue weighted by Crippen LogP contribution is -2.17. The van der Waals surface area contributed by atoms with Gasteiger partial charge < -0.3 is 14.8 Å². The van der Waals surface area contributed by atoms with Crippen molar-refractivity contribution in [2.24, 2.45) is 0 Å². The molecule has 0 aromatic heterocycles. The van der Waals surface area contributed by atoms with Crippen LogP contribution in [0.1, 0.15) is 25.3 Å². The van der Waals surface area contributed by atoms with Crippen LogP contribution in [0.2, 0.25) is 0 Å². The first-order valence-corrected chi connectivity index (χ1v) is 6.55.